The molecule has 1 saturated heterocycles. The van der Waals surface area contributed by atoms with Crippen molar-refractivity contribution < 1.29 is 18.7 Å². The minimum atomic E-state index is -0.675. The summed E-state index contributed by atoms with van der Waals surface area (Å²) in [6.07, 6.45) is 0.857. The largest absolute Gasteiger partial charge is 0.493 e. The van der Waals surface area contributed by atoms with Gasteiger partial charge in [0, 0.05) is 43.5 Å². The Morgan fingerprint density at radius 2 is 1.97 bits per heavy atom. The normalized spacial score (nSPS) is 16.4. The highest BCUT2D eigenvalue weighted by Gasteiger charge is 2.32. The molecule has 11 heteroatoms. The van der Waals surface area contributed by atoms with Crippen LogP contribution in [0.25, 0.3) is 10.9 Å². The van der Waals surface area contributed by atoms with Crippen molar-refractivity contribution in [3.63, 3.8) is 0 Å². The Labute approximate surface area is 214 Å². The molecule has 2 aromatic carbocycles. The van der Waals surface area contributed by atoms with Gasteiger partial charge in [-0.15, -0.1) is 0 Å². The number of nitrogens with two attached hydrogens (primary N) is 2. The molecule has 1 aromatic heterocycles. The molecule has 1 amide bonds. The van der Waals surface area contributed by atoms with E-state index in [1.807, 2.05) is 11.8 Å². The summed E-state index contributed by atoms with van der Waals surface area (Å²) in [4.78, 5) is 25.7. The zero-order valence-corrected chi connectivity index (χ0v) is 21.1. The minimum Gasteiger partial charge on any atom is -0.493 e. The Morgan fingerprint density at radius 3 is 2.59 bits per heavy atom. The topological polar surface area (TPSA) is 144 Å². The highest BCUT2D eigenvalue weighted by Crippen LogP contribution is 2.38. The Balaban J connectivity index is 1.53. The fourth-order valence-electron chi connectivity index (χ4n) is 4.60. The van der Waals surface area contributed by atoms with Crippen molar-refractivity contribution >= 4 is 28.6 Å². The van der Waals surface area contributed by atoms with Crippen molar-refractivity contribution in [2.75, 3.05) is 44.5 Å². The first-order chi connectivity index (χ1) is 17.8. The lowest BCUT2D eigenvalue weighted by atomic mass is 10.0. The van der Waals surface area contributed by atoms with Gasteiger partial charge in [0.05, 0.1) is 25.9 Å². The van der Waals surface area contributed by atoms with E-state index < -0.39 is 11.9 Å². The third-order valence-electron chi connectivity index (χ3n) is 6.72. The van der Waals surface area contributed by atoms with Crippen LogP contribution in [0.5, 0.6) is 11.5 Å². The van der Waals surface area contributed by atoms with Crippen molar-refractivity contribution in [1.29, 1.82) is 5.26 Å². The van der Waals surface area contributed by atoms with Crippen LogP contribution >= 0.6 is 0 Å². The predicted octanol–water partition coefficient (Wildman–Crippen LogP) is 2.76. The number of nitrogen functional groups attached to an aromatic ring is 1. The van der Waals surface area contributed by atoms with Gasteiger partial charge in [-0.1, -0.05) is 19.1 Å². The number of carbonyl (C=O) groups excluding carboxylic acids is 1. The monoisotopic (exact) mass is 507 g/mol. The van der Waals surface area contributed by atoms with E-state index in [0.29, 0.717) is 43.0 Å². The standard InChI is InChI=1S/C26H30FN7O3/c1-4-17-14-33(21(35)12-19(29)16-7-5-15(13-28)6-8-16)9-10-34(17)26-31-23-18(25(30)32-26)11-20(36-2)24(37-3)22(23)27/h5-8,11,17,19H,4,9-10,12,14,29H2,1-3H3,(H2,30,31,32)/t17-,19+/m0/s1. The second kappa shape index (κ2) is 10.8. The summed E-state index contributed by atoms with van der Waals surface area (Å²) in [5.41, 5.74) is 13.9. The minimum absolute atomic E-state index is 0.0434. The summed E-state index contributed by atoms with van der Waals surface area (Å²) in [6.45, 7) is 3.35. The first-order valence-corrected chi connectivity index (χ1v) is 12.0. The number of anilines is 2. The van der Waals surface area contributed by atoms with E-state index in [4.69, 9.17) is 26.2 Å². The van der Waals surface area contributed by atoms with Gasteiger partial charge in [-0.25, -0.2) is 9.37 Å². The Hall–Kier alpha value is -4.17. The van der Waals surface area contributed by atoms with E-state index in [2.05, 4.69) is 16.0 Å². The number of rotatable bonds is 7. The molecule has 2 heterocycles. The number of hydrogen-bond acceptors (Lipinski definition) is 9. The van der Waals surface area contributed by atoms with E-state index in [9.17, 15) is 4.79 Å². The predicted molar refractivity (Wildman–Crippen MR) is 138 cm³/mol. The SMILES string of the molecule is CC[C@H]1CN(C(=O)C[C@@H](N)c2ccc(C#N)cc2)CCN1c1nc(N)c2cc(OC)c(OC)c(F)c2n1. The molecule has 2 atom stereocenters. The number of aromatic nitrogens is 2. The molecule has 0 radical (unpaired) electrons. The number of halogens is 1. The van der Waals surface area contributed by atoms with Crippen LogP contribution in [-0.2, 0) is 4.79 Å². The molecular weight excluding hydrogens is 477 g/mol. The second-order valence-electron chi connectivity index (χ2n) is 8.87. The number of methoxy groups -OCH3 is 2. The molecule has 0 saturated carbocycles. The number of nitriles is 1. The van der Waals surface area contributed by atoms with Crippen molar-refractivity contribution in [3.05, 3.63) is 47.3 Å². The lowest BCUT2D eigenvalue weighted by Gasteiger charge is -2.41. The molecule has 0 bridgehead atoms. The van der Waals surface area contributed by atoms with Gasteiger partial charge in [-0.3, -0.25) is 4.79 Å². The molecule has 194 valence electrons. The summed E-state index contributed by atoms with van der Waals surface area (Å²) in [6, 6.07) is 9.98. The van der Waals surface area contributed by atoms with Crippen LogP contribution in [0.1, 0.15) is 36.9 Å². The van der Waals surface area contributed by atoms with Gasteiger partial charge in [0.15, 0.2) is 17.3 Å². The number of benzene rings is 2. The zero-order valence-electron chi connectivity index (χ0n) is 21.1. The van der Waals surface area contributed by atoms with E-state index in [1.165, 1.54) is 14.2 Å². The van der Waals surface area contributed by atoms with E-state index in [-0.39, 0.29) is 41.2 Å². The summed E-state index contributed by atoms with van der Waals surface area (Å²) in [7, 11) is 2.77. The number of ether oxygens (including phenoxy) is 2. The molecule has 0 spiro atoms. The molecule has 1 aliphatic heterocycles. The quantitative estimate of drug-likeness (QED) is 0.493. The molecule has 3 aromatic rings. The Kier molecular flexibility index (Phi) is 7.59. The summed E-state index contributed by atoms with van der Waals surface area (Å²) in [5.74, 6) is -0.165. The third kappa shape index (κ3) is 5.06. The molecule has 37 heavy (non-hydrogen) atoms. The molecule has 10 nitrogen and oxygen atoms in total. The summed E-state index contributed by atoms with van der Waals surface area (Å²) < 4.78 is 25.6. The first kappa shape index (κ1) is 25.9. The van der Waals surface area contributed by atoms with Crippen LogP contribution in [0.3, 0.4) is 0 Å². The highest BCUT2D eigenvalue weighted by molar-refractivity contribution is 5.92. The molecule has 0 aliphatic carbocycles. The number of hydrogen-bond donors (Lipinski definition) is 2. The van der Waals surface area contributed by atoms with Gasteiger partial charge in [-0.05, 0) is 30.2 Å². The van der Waals surface area contributed by atoms with Gasteiger partial charge >= 0.3 is 0 Å². The Bertz CT molecular complexity index is 1340. The average molecular weight is 508 g/mol. The fourth-order valence-corrected chi connectivity index (χ4v) is 4.60. The number of fused-ring (bicyclic) bond motifs is 1. The number of piperazine rings is 1. The summed E-state index contributed by atoms with van der Waals surface area (Å²) >= 11 is 0. The van der Waals surface area contributed by atoms with Gasteiger partial charge < -0.3 is 30.7 Å². The Morgan fingerprint density at radius 1 is 1.24 bits per heavy atom. The fraction of sp³-hybridized carbons (Fsp3) is 0.385. The zero-order chi connectivity index (χ0) is 26.7. The number of amides is 1. The van der Waals surface area contributed by atoms with Crippen LogP contribution in [0.4, 0.5) is 16.2 Å². The number of carbonyl (C=O) groups is 1. The maximum Gasteiger partial charge on any atom is 0.228 e. The maximum atomic E-state index is 15.2. The van der Waals surface area contributed by atoms with Gasteiger partial charge in [-0.2, -0.15) is 10.2 Å². The van der Waals surface area contributed by atoms with Crippen molar-refractivity contribution in [2.45, 2.75) is 31.8 Å². The second-order valence-corrected chi connectivity index (χ2v) is 8.87. The van der Waals surface area contributed by atoms with E-state index in [1.54, 1.807) is 35.2 Å². The molecule has 4 N–H and O–H groups in total. The van der Waals surface area contributed by atoms with Gasteiger partial charge in [0.25, 0.3) is 0 Å². The highest BCUT2D eigenvalue weighted by atomic mass is 19.1. The molecule has 0 unspecified atom stereocenters. The summed E-state index contributed by atoms with van der Waals surface area (Å²) in [5, 5.41) is 9.30. The van der Waals surface area contributed by atoms with Crippen LogP contribution in [0, 0.1) is 17.1 Å². The van der Waals surface area contributed by atoms with Gasteiger partial charge in [0.2, 0.25) is 11.9 Å². The lowest BCUT2D eigenvalue weighted by molar-refractivity contribution is -0.132. The smallest absolute Gasteiger partial charge is 0.228 e. The van der Waals surface area contributed by atoms with E-state index in [0.717, 1.165) is 5.56 Å². The van der Waals surface area contributed by atoms with Crippen LogP contribution in [0.2, 0.25) is 0 Å². The number of nitrogens with zero attached hydrogens (tertiary/aromatic N) is 5. The van der Waals surface area contributed by atoms with Crippen molar-refractivity contribution in [2.24, 2.45) is 5.73 Å². The van der Waals surface area contributed by atoms with Crippen LogP contribution in [-0.4, -0.2) is 60.7 Å². The van der Waals surface area contributed by atoms with Crippen LogP contribution in [0.15, 0.2) is 30.3 Å². The van der Waals surface area contributed by atoms with Crippen molar-refractivity contribution in [1.82, 2.24) is 14.9 Å². The first-order valence-electron chi connectivity index (χ1n) is 12.0. The van der Waals surface area contributed by atoms with Crippen LogP contribution < -0.4 is 25.8 Å². The third-order valence-corrected chi connectivity index (χ3v) is 6.72. The molecule has 4 rings (SSSR count). The maximum absolute atomic E-state index is 15.2. The molecular formula is C26H30FN7O3. The average Bonchev–Trinajstić information content (AvgIpc) is 2.92. The lowest BCUT2D eigenvalue weighted by Crippen LogP contribution is -2.55. The molecule has 1 aliphatic rings. The van der Waals surface area contributed by atoms with Crippen molar-refractivity contribution in [3.8, 4) is 17.6 Å². The van der Waals surface area contributed by atoms with Gasteiger partial charge in [0.1, 0.15) is 11.3 Å². The van der Waals surface area contributed by atoms with E-state index >= 15 is 4.39 Å². The molecule has 1 fully saturated rings.